The van der Waals surface area contributed by atoms with Gasteiger partial charge in [-0.05, 0) is 0 Å². The third-order valence-corrected chi connectivity index (χ3v) is 1.51. The second-order valence-electron chi connectivity index (χ2n) is 2.46. The molecule has 0 N–H and O–H groups in total. The summed E-state index contributed by atoms with van der Waals surface area (Å²) in [6.45, 7) is 0. The highest BCUT2D eigenvalue weighted by Gasteiger charge is 2.19. The molecular weight excluding hydrogens is 168 g/mol. The van der Waals surface area contributed by atoms with Crippen LogP contribution in [-0.2, 0) is 7.05 Å². The van der Waals surface area contributed by atoms with Crippen LogP contribution in [0.5, 0.6) is 0 Å². The number of carbonyl (C=O) groups excluding carboxylic acids is 1. The van der Waals surface area contributed by atoms with Gasteiger partial charge in [-0.25, -0.2) is 0 Å². The Labute approximate surface area is 74.8 Å². The zero-order valence-electron chi connectivity index (χ0n) is 6.93. The lowest BCUT2D eigenvalue weighted by Crippen LogP contribution is -2.09. The van der Waals surface area contributed by atoms with Crippen molar-refractivity contribution in [2.75, 3.05) is 0 Å². The lowest BCUT2D eigenvalue weighted by atomic mass is 10.0. The summed E-state index contributed by atoms with van der Waals surface area (Å²) < 4.78 is 1.44. The van der Waals surface area contributed by atoms with Crippen LogP contribution in [-0.4, -0.2) is 15.6 Å². The predicted molar refractivity (Wildman–Crippen MR) is 42.3 cm³/mol. The van der Waals surface area contributed by atoms with E-state index in [1.807, 2.05) is 0 Å². The number of ketones is 1. The highest BCUT2D eigenvalue weighted by molar-refractivity contribution is 6.00. The van der Waals surface area contributed by atoms with E-state index in [1.54, 1.807) is 19.2 Å². The largest absolute Gasteiger partial charge is 0.291 e. The summed E-state index contributed by atoms with van der Waals surface area (Å²) in [6, 6.07) is 3.22. The quantitative estimate of drug-likeness (QED) is 0.602. The molecule has 0 aromatic carbocycles. The van der Waals surface area contributed by atoms with Crippen molar-refractivity contribution >= 4 is 5.78 Å². The molecule has 0 spiro atoms. The molecule has 5 heteroatoms. The Morgan fingerprint density at radius 2 is 2.23 bits per heavy atom. The van der Waals surface area contributed by atoms with Gasteiger partial charge >= 0.3 is 0 Å². The molecule has 0 aliphatic carbocycles. The van der Waals surface area contributed by atoms with Crippen LogP contribution in [0.4, 0.5) is 0 Å². The van der Waals surface area contributed by atoms with Crippen molar-refractivity contribution in [3.63, 3.8) is 0 Å². The number of carbonyl (C=O) groups is 1. The number of rotatable bonds is 2. The minimum absolute atomic E-state index is 0.288. The summed E-state index contributed by atoms with van der Waals surface area (Å²) in [5.74, 6) is -1.73. The van der Waals surface area contributed by atoms with Gasteiger partial charge in [0.15, 0.2) is 11.7 Å². The van der Waals surface area contributed by atoms with E-state index in [4.69, 9.17) is 10.5 Å². The van der Waals surface area contributed by atoms with Gasteiger partial charge in [-0.15, -0.1) is 0 Å². The number of hydrogen-bond acceptors (Lipinski definition) is 4. The van der Waals surface area contributed by atoms with Crippen LogP contribution in [0.15, 0.2) is 12.4 Å². The second-order valence-corrected chi connectivity index (χ2v) is 2.46. The van der Waals surface area contributed by atoms with Gasteiger partial charge in [0.05, 0.1) is 23.9 Å². The summed E-state index contributed by atoms with van der Waals surface area (Å²) >= 11 is 0. The first-order valence-corrected chi connectivity index (χ1v) is 3.51. The molecule has 0 aliphatic heterocycles. The fourth-order valence-electron chi connectivity index (χ4n) is 0.861. The average molecular weight is 174 g/mol. The van der Waals surface area contributed by atoms with Crippen molar-refractivity contribution in [2.45, 2.75) is 0 Å². The van der Waals surface area contributed by atoms with E-state index in [-0.39, 0.29) is 5.56 Å². The normalized spacial score (nSPS) is 9.23. The van der Waals surface area contributed by atoms with Gasteiger partial charge in [0.25, 0.3) is 0 Å². The van der Waals surface area contributed by atoms with Crippen molar-refractivity contribution in [2.24, 2.45) is 13.0 Å². The lowest BCUT2D eigenvalue weighted by Gasteiger charge is -1.93. The van der Waals surface area contributed by atoms with Gasteiger partial charge in [-0.1, -0.05) is 0 Å². The second kappa shape index (κ2) is 3.51. The van der Waals surface area contributed by atoms with E-state index < -0.39 is 11.7 Å². The van der Waals surface area contributed by atoms with Crippen LogP contribution in [0.25, 0.3) is 0 Å². The third-order valence-electron chi connectivity index (χ3n) is 1.51. The van der Waals surface area contributed by atoms with Crippen LogP contribution >= 0.6 is 0 Å². The Bertz CT molecular complexity index is 393. The molecule has 0 aliphatic rings. The third kappa shape index (κ3) is 1.71. The summed E-state index contributed by atoms with van der Waals surface area (Å²) in [7, 11) is 1.66. The molecule has 1 aromatic rings. The van der Waals surface area contributed by atoms with Crippen molar-refractivity contribution in [1.82, 2.24) is 9.78 Å². The molecule has 1 heterocycles. The van der Waals surface area contributed by atoms with Crippen LogP contribution in [0, 0.1) is 28.6 Å². The van der Waals surface area contributed by atoms with E-state index in [2.05, 4.69) is 5.10 Å². The van der Waals surface area contributed by atoms with Gasteiger partial charge in [0.1, 0.15) is 0 Å². The van der Waals surface area contributed by atoms with E-state index in [1.165, 1.54) is 17.1 Å². The molecule has 1 rings (SSSR count). The monoisotopic (exact) mass is 174 g/mol. The Balaban J connectivity index is 2.94. The van der Waals surface area contributed by atoms with E-state index in [0.29, 0.717) is 0 Å². The highest BCUT2D eigenvalue weighted by atomic mass is 16.1. The van der Waals surface area contributed by atoms with Crippen LogP contribution in [0.1, 0.15) is 10.4 Å². The zero-order valence-corrected chi connectivity index (χ0v) is 6.93. The van der Waals surface area contributed by atoms with Gasteiger partial charge < -0.3 is 0 Å². The number of aromatic nitrogens is 2. The lowest BCUT2D eigenvalue weighted by molar-refractivity contribution is 0.0971. The summed E-state index contributed by atoms with van der Waals surface area (Å²) in [6.07, 6.45) is 2.81. The maximum absolute atomic E-state index is 11.3. The molecule has 0 bridgehead atoms. The first-order chi connectivity index (χ1) is 6.19. The standard InChI is InChI=1S/C8H6N4O/c1-12-5-7(4-11-12)8(13)6(2-9)3-10/h4-6H,1H3. The summed E-state index contributed by atoms with van der Waals surface area (Å²) in [5.41, 5.74) is 0.288. The van der Waals surface area contributed by atoms with E-state index in [0.717, 1.165) is 0 Å². The zero-order chi connectivity index (χ0) is 9.84. The fourth-order valence-corrected chi connectivity index (χ4v) is 0.861. The van der Waals surface area contributed by atoms with E-state index >= 15 is 0 Å². The van der Waals surface area contributed by atoms with Crippen molar-refractivity contribution < 1.29 is 4.79 Å². The van der Waals surface area contributed by atoms with E-state index in [9.17, 15) is 4.79 Å². The number of nitrogens with zero attached hydrogens (tertiary/aromatic N) is 4. The molecule has 0 radical (unpaired) electrons. The Morgan fingerprint density at radius 1 is 1.62 bits per heavy atom. The molecule has 0 fully saturated rings. The summed E-state index contributed by atoms with van der Waals surface area (Å²) in [4.78, 5) is 11.3. The molecule has 0 saturated carbocycles. The average Bonchev–Trinajstić information content (AvgIpc) is 2.54. The van der Waals surface area contributed by atoms with Gasteiger partial charge in [-0.3, -0.25) is 9.48 Å². The molecule has 0 unspecified atom stereocenters. The van der Waals surface area contributed by atoms with Crippen molar-refractivity contribution in [1.29, 1.82) is 10.5 Å². The molecule has 0 amide bonds. The molecule has 0 saturated heterocycles. The maximum atomic E-state index is 11.3. The smallest absolute Gasteiger partial charge is 0.197 e. The Kier molecular flexibility index (Phi) is 2.41. The first-order valence-electron chi connectivity index (χ1n) is 3.51. The van der Waals surface area contributed by atoms with Crippen LogP contribution < -0.4 is 0 Å². The van der Waals surface area contributed by atoms with Crippen molar-refractivity contribution in [3.05, 3.63) is 18.0 Å². The summed E-state index contributed by atoms with van der Waals surface area (Å²) in [5, 5.41) is 20.7. The number of Topliss-reactive ketones (excluding diaryl/α,β-unsaturated/α-hetero) is 1. The molecule has 1 aromatic heterocycles. The SMILES string of the molecule is Cn1cc(C(=O)C(C#N)C#N)cn1. The number of nitriles is 2. The van der Waals surface area contributed by atoms with Crippen molar-refractivity contribution in [3.8, 4) is 12.1 Å². The number of aryl methyl sites for hydroxylation is 1. The fraction of sp³-hybridized carbons (Fsp3) is 0.250. The van der Waals surface area contributed by atoms with Gasteiger partial charge in [-0.2, -0.15) is 15.6 Å². The van der Waals surface area contributed by atoms with Gasteiger partial charge in [0, 0.05) is 13.2 Å². The predicted octanol–water partition coefficient (Wildman–Crippen LogP) is 0.266. The van der Waals surface area contributed by atoms with Gasteiger partial charge in [0.2, 0.25) is 0 Å². The highest BCUT2D eigenvalue weighted by Crippen LogP contribution is 2.06. The minimum atomic E-state index is -1.23. The molecule has 5 nitrogen and oxygen atoms in total. The topological polar surface area (TPSA) is 82.5 Å². The number of hydrogen-bond donors (Lipinski definition) is 0. The molecule has 64 valence electrons. The van der Waals surface area contributed by atoms with Crippen LogP contribution in [0.3, 0.4) is 0 Å². The Morgan fingerprint density at radius 3 is 2.62 bits per heavy atom. The molecule has 13 heavy (non-hydrogen) atoms. The molecule has 0 atom stereocenters. The molecular formula is C8H6N4O. The maximum Gasteiger partial charge on any atom is 0.197 e. The van der Waals surface area contributed by atoms with Crippen LogP contribution in [0.2, 0.25) is 0 Å². The Hall–Kier alpha value is -2.14. The first kappa shape index (κ1) is 8.95. The minimum Gasteiger partial charge on any atom is -0.291 e.